The number of benzene rings is 1. The molecule has 3 rings (SSSR count). The molecule has 0 spiro atoms. The molecule has 0 radical (unpaired) electrons. The molecule has 134 valence electrons. The third kappa shape index (κ3) is 3.80. The molecule has 1 aliphatic rings. The molecule has 1 aliphatic carbocycles. The number of amides is 1. The summed E-state index contributed by atoms with van der Waals surface area (Å²) in [5.41, 5.74) is 1.70. The van der Waals surface area contributed by atoms with Crippen molar-refractivity contribution in [1.82, 2.24) is 4.57 Å². The number of ether oxygens (including phenoxy) is 1. The van der Waals surface area contributed by atoms with Crippen molar-refractivity contribution in [1.29, 1.82) is 0 Å². The van der Waals surface area contributed by atoms with Gasteiger partial charge >= 0.3 is 5.97 Å². The van der Waals surface area contributed by atoms with Crippen LogP contribution in [0.4, 0.5) is 0 Å². The van der Waals surface area contributed by atoms with Gasteiger partial charge in [-0.25, -0.2) is 0 Å². The number of nitrogens with zero attached hydrogens (tertiary/aromatic N) is 2. The van der Waals surface area contributed by atoms with E-state index in [1.807, 2.05) is 19.1 Å². The van der Waals surface area contributed by atoms with E-state index in [1.165, 1.54) is 24.9 Å². The maximum absolute atomic E-state index is 12.6. The molecule has 0 unspecified atom stereocenters. The quantitative estimate of drug-likeness (QED) is 0.760. The van der Waals surface area contributed by atoms with E-state index >= 15 is 0 Å². The van der Waals surface area contributed by atoms with Gasteiger partial charge in [-0.3, -0.25) is 9.59 Å². The predicted molar refractivity (Wildman–Crippen MR) is 98.7 cm³/mol. The van der Waals surface area contributed by atoms with Gasteiger partial charge in [0.2, 0.25) is 0 Å². The molecule has 25 heavy (non-hydrogen) atoms. The van der Waals surface area contributed by atoms with Gasteiger partial charge < -0.3 is 9.30 Å². The minimum atomic E-state index is -0.384. The van der Waals surface area contributed by atoms with Crippen LogP contribution in [0.5, 0.6) is 0 Å². The van der Waals surface area contributed by atoms with Crippen molar-refractivity contribution < 1.29 is 14.3 Å². The maximum atomic E-state index is 12.6. The highest BCUT2D eigenvalue weighted by Gasteiger charge is 2.22. The van der Waals surface area contributed by atoms with Crippen LogP contribution < -0.4 is 4.80 Å². The van der Waals surface area contributed by atoms with Gasteiger partial charge in [0.05, 0.1) is 17.3 Å². The fraction of sp³-hybridized carbons (Fsp3) is 0.500. The Bertz CT molecular complexity index is 878. The van der Waals surface area contributed by atoms with Crippen molar-refractivity contribution in [2.75, 3.05) is 7.11 Å². The summed E-state index contributed by atoms with van der Waals surface area (Å²) in [5.74, 6) is -0.477. The van der Waals surface area contributed by atoms with Crippen LogP contribution >= 0.6 is 22.9 Å². The highest BCUT2D eigenvalue weighted by Crippen LogP contribution is 2.28. The molecule has 1 heterocycles. The van der Waals surface area contributed by atoms with Gasteiger partial charge in [0.1, 0.15) is 6.54 Å². The first-order chi connectivity index (χ1) is 12.0. The first-order valence-corrected chi connectivity index (χ1v) is 9.64. The molecule has 0 aliphatic heterocycles. The van der Waals surface area contributed by atoms with E-state index < -0.39 is 0 Å². The molecular weight excluding hydrogens is 360 g/mol. The highest BCUT2D eigenvalue weighted by atomic mass is 35.5. The lowest BCUT2D eigenvalue weighted by Crippen LogP contribution is -2.25. The van der Waals surface area contributed by atoms with Crippen LogP contribution in [0, 0.1) is 12.8 Å². The minimum Gasteiger partial charge on any atom is -0.468 e. The summed E-state index contributed by atoms with van der Waals surface area (Å²) in [5, 5.41) is 0.620. The number of fused-ring (bicyclic) bond motifs is 1. The Morgan fingerprint density at radius 3 is 2.72 bits per heavy atom. The lowest BCUT2D eigenvalue weighted by molar-refractivity contribution is -0.141. The number of aromatic nitrogens is 1. The number of hydrogen-bond acceptors (Lipinski definition) is 4. The van der Waals surface area contributed by atoms with Crippen LogP contribution in [0.15, 0.2) is 17.1 Å². The highest BCUT2D eigenvalue weighted by molar-refractivity contribution is 7.16. The van der Waals surface area contributed by atoms with Crippen molar-refractivity contribution in [3.8, 4) is 0 Å². The Kier molecular flexibility index (Phi) is 5.59. The van der Waals surface area contributed by atoms with Crippen LogP contribution in [-0.2, 0) is 20.9 Å². The Hall–Kier alpha value is -1.66. The first kappa shape index (κ1) is 18.1. The van der Waals surface area contributed by atoms with E-state index in [-0.39, 0.29) is 24.3 Å². The molecule has 1 aromatic carbocycles. The number of hydrogen-bond donors (Lipinski definition) is 0. The number of carbonyl (C=O) groups is 2. The SMILES string of the molecule is COC(=O)Cn1c(=NC(=O)C2CCCCC2)sc2ccc(Cl)c(C)c21. The smallest absolute Gasteiger partial charge is 0.325 e. The summed E-state index contributed by atoms with van der Waals surface area (Å²) in [6.07, 6.45) is 5.14. The van der Waals surface area contributed by atoms with Gasteiger partial charge in [0.15, 0.2) is 4.80 Å². The van der Waals surface area contributed by atoms with Gasteiger partial charge in [-0.15, -0.1) is 0 Å². The molecule has 0 N–H and O–H groups in total. The summed E-state index contributed by atoms with van der Waals surface area (Å²) >= 11 is 7.64. The first-order valence-electron chi connectivity index (χ1n) is 8.45. The zero-order valence-corrected chi connectivity index (χ0v) is 16.0. The Morgan fingerprint density at radius 2 is 2.04 bits per heavy atom. The predicted octanol–water partition coefficient (Wildman–Crippen LogP) is 3.85. The van der Waals surface area contributed by atoms with Gasteiger partial charge in [-0.2, -0.15) is 4.99 Å². The summed E-state index contributed by atoms with van der Waals surface area (Å²) in [7, 11) is 1.35. The number of carbonyl (C=O) groups excluding carboxylic acids is 2. The summed E-state index contributed by atoms with van der Waals surface area (Å²) in [4.78, 5) is 29.3. The molecule has 5 nitrogen and oxygen atoms in total. The van der Waals surface area contributed by atoms with E-state index in [1.54, 1.807) is 4.57 Å². The number of esters is 1. The second-order valence-electron chi connectivity index (χ2n) is 6.35. The van der Waals surface area contributed by atoms with Crippen LogP contribution in [-0.4, -0.2) is 23.6 Å². The summed E-state index contributed by atoms with van der Waals surface area (Å²) < 4.78 is 7.49. The van der Waals surface area contributed by atoms with E-state index in [9.17, 15) is 9.59 Å². The van der Waals surface area contributed by atoms with Gasteiger partial charge in [-0.1, -0.05) is 42.2 Å². The summed E-state index contributed by atoms with van der Waals surface area (Å²) in [6.45, 7) is 1.91. The number of aryl methyl sites for hydroxylation is 1. The maximum Gasteiger partial charge on any atom is 0.325 e. The number of rotatable bonds is 3. The molecule has 1 saturated carbocycles. The fourth-order valence-corrected chi connectivity index (χ4v) is 4.52. The summed E-state index contributed by atoms with van der Waals surface area (Å²) in [6, 6.07) is 3.72. The average molecular weight is 381 g/mol. The van der Waals surface area contributed by atoms with E-state index in [4.69, 9.17) is 16.3 Å². The Balaban J connectivity index is 2.11. The van der Waals surface area contributed by atoms with E-state index in [0.717, 1.165) is 41.5 Å². The lowest BCUT2D eigenvalue weighted by Gasteiger charge is -2.17. The Labute approximate surface area is 155 Å². The van der Waals surface area contributed by atoms with Crippen LogP contribution in [0.3, 0.4) is 0 Å². The van der Waals surface area contributed by atoms with Crippen LogP contribution in [0.1, 0.15) is 37.7 Å². The molecule has 2 aromatic rings. The third-order valence-electron chi connectivity index (χ3n) is 4.71. The van der Waals surface area contributed by atoms with Crippen LogP contribution in [0.2, 0.25) is 5.02 Å². The van der Waals surface area contributed by atoms with E-state index in [0.29, 0.717) is 9.82 Å². The van der Waals surface area contributed by atoms with Gasteiger partial charge in [-0.05, 0) is 37.5 Å². The molecule has 0 atom stereocenters. The van der Waals surface area contributed by atoms with Crippen LogP contribution in [0.25, 0.3) is 10.2 Å². The Morgan fingerprint density at radius 1 is 1.32 bits per heavy atom. The van der Waals surface area contributed by atoms with Crippen molar-refractivity contribution in [2.45, 2.75) is 45.6 Å². The number of thiazole rings is 1. The van der Waals surface area contributed by atoms with Crippen molar-refractivity contribution >= 4 is 45.0 Å². The van der Waals surface area contributed by atoms with E-state index in [2.05, 4.69) is 4.99 Å². The molecule has 1 amide bonds. The molecule has 0 bridgehead atoms. The lowest BCUT2D eigenvalue weighted by atomic mass is 9.89. The van der Waals surface area contributed by atoms with Gasteiger partial charge in [0.25, 0.3) is 5.91 Å². The topological polar surface area (TPSA) is 60.7 Å². The van der Waals surface area contributed by atoms with Crippen molar-refractivity contribution in [3.63, 3.8) is 0 Å². The monoisotopic (exact) mass is 380 g/mol. The number of halogens is 1. The van der Waals surface area contributed by atoms with Gasteiger partial charge in [0, 0.05) is 10.9 Å². The zero-order chi connectivity index (χ0) is 18.0. The molecule has 7 heteroatoms. The number of methoxy groups -OCH3 is 1. The third-order valence-corrected chi connectivity index (χ3v) is 6.16. The molecule has 1 aromatic heterocycles. The second-order valence-corrected chi connectivity index (χ2v) is 7.77. The largest absolute Gasteiger partial charge is 0.468 e. The minimum absolute atomic E-state index is 0.00442. The normalized spacial score (nSPS) is 16.4. The standard InChI is InChI=1S/C18H21ClN2O3S/c1-11-13(19)8-9-14-16(11)21(10-15(22)24-2)18(25-14)20-17(23)12-6-4-3-5-7-12/h8-9,12H,3-7,10H2,1-2H3. The molecule has 1 fully saturated rings. The fourth-order valence-electron chi connectivity index (χ4n) is 3.28. The zero-order valence-electron chi connectivity index (χ0n) is 14.4. The molecule has 0 saturated heterocycles. The van der Waals surface area contributed by atoms with Crippen molar-refractivity contribution in [2.24, 2.45) is 10.9 Å². The second kappa shape index (κ2) is 7.70. The average Bonchev–Trinajstić information content (AvgIpc) is 2.96. The van der Waals surface area contributed by atoms with Crippen molar-refractivity contribution in [3.05, 3.63) is 27.5 Å². The molecular formula is C18H21ClN2O3S.